The van der Waals surface area contributed by atoms with Crippen LogP contribution in [0.2, 0.25) is 0 Å². The molecule has 0 aromatic heterocycles. The molecule has 2 aliphatic rings. The Hall–Kier alpha value is -3.54. The summed E-state index contributed by atoms with van der Waals surface area (Å²) in [5.74, 6) is -1.33. The van der Waals surface area contributed by atoms with Crippen molar-refractivity contribution in [2.24, 2.45) is 4.40 Å². The lowest BCUT2D eigenvalue weighted by atomic mass is 10.2. The van der Waals surface area contributed by atoms with Crippen LogP contribution < -0.4 is 5.32 Å². The number of nitro groups is 1. The first-order valence-corrected chi connectivity index (χ1v) is 9.97. The number of nitrogens with zero attached hydrogens (tertiary/aromatic N) is 3. The van der Waals surface area contributed by atoms with E-state index in [9.17, 15) is 28.1 Å². The molecule has 12 heteroatoms. The summed E-state index contributed by atoms with van der Waals surface area (Å²) in [4.78, 5) is 35.9. The molecule has 3 rings (SSSR count). The van der Waals surface area contributed by atoms with Gasteiger partial charge in [0.2, 0.25) is 0 Å². The van der Waals surface area contributed by atoms with Crippen LogP contribution in [0.5, 0.6) is 0 Å². The Morgan fingerprint density at radius 2 is 2.10 bits per heavy atom. The fraction of sp³-hybridized carbons (Fsp3) is 0.235. The Bertz CT molecular complexity index is 1090. The van der Waals surface area contributed by atoms with Gasteiger partial charge in [-0.2, -0.15) is 0 Å². The lowest BCUT2D eigenvalue weighted by molar-refractivity contribution is -0.384. The summed E-state index contributed by atoms with van der Waals surface area (Å²) in [7, 11) is -3.49. The molecule has 2 aliphatic heterocycles. The zero-order valence-electron chi connectivity index (χ0n) is 15.2. The summed E-state index contributed by atoms with van der Waals surface area (Å²) < 4.78 is 31.5. The Kier molecular flexibility index (Phi) is 5.46. The van der Waals surface area contributed by atoms with E-state index in [1.54, 1.807) is 6.92 Å². The monoisotopic (exact) mass is 420 g/mol. The molecule has 1 aromatic carbocycles. The molecule has 0 unspecified atom stereocenters. The van der Waals surface area contributed by atoms with Gasteiger partial charge in [-0.05, 0) is 30.7 Å². The van der Waals surface area contributed by atoms with Gasteiger partial charge in [0.05, 0.1) is 16.2 Å². The third kappa shape index (κ3) is 4.85. The van der Waals surface area contributed by atoms with E-state index in [0.29, 0.717) is 11.3 Å². The smallest absolute Gasteiger partial charge is 0.340 e. The Labute approximate surface area is 165 Å². The lowest BCUT2D eigenvalue weighted by Gasteiger charge is -2.26. The van der Waals surface area contributed by atoms with E-state index in [1.807, 2.05) is 0 Å². The van der Waals surface area contributed by atoms with E-state index in [1.165, 1.54) is 41.5 Å². The average Bonchev–Trinajstić information content (AvgIpc) is 2.66. The minimum atomic E-state index is -3.49. The van der Waals surface area contributed by atoms with E-state index in [-0.39, 0.29) is 29.4 Å². The molecule has 0 saturated heterocycles. The number of ether oxygens (including phenoxy) is 1. The highest BCUT2D eigenvalue weighted by atomic mass is 32.2. The molecule has 11 nitrogen and oxygen atoms in total. The van der Waals surface area contributed by atoms with Crippen molar-refractivity contribution >= 4 is 39.1 Å². The molecule has 0 fully saturated rings. The Morgan fingerprint density at radius 1 is 1.34 bits per heavy atom. The summed E-state index contributed by atoms with van der Waals surface area (Å²) in [6, 6.07) is 3.96. The van der Waals surface area contributed by atoms with Crippen molar-refractivity contribution in [3.05, 3.63) is 57.8 Å². The number of carbonyl (C=O) groups is 2. The first kappa shape index (κ1) is 20.2. The van der Waals surface area contributed by atoms with Crippen LogP contribution in [0.25, 0.3) is 0 Å². The summed E-state index contributed by atoms with van der Waals surface area (Å²) in [5, 5.41) is 13.3. The number of fused-ring (bicyclic) bond motifs is 1. The molecule has 0 spiro atoms. The van der Waals surface area contributed by atoms with Gasteiger partial charge in [-0.3, -0.25) is 14.9 Å². The number of benzene rings is 1. The van der Waals surface area contributed by atoms with Gasteiger partial charge in [-0.25, -0.2) is 13.2 Å². The molecule has 0 radical (unpaired) electrons. The minimum absolute atomic E-state index is 0.101. The van der Waals surface area contributed by atoms with Crippen molar-refractivity contribution in [1.82, 2.24) is 4.90 Å². The number of amidine groups is 1. The lowest BCUT2D eigenvalue weighted by Crippen LogP contribution is -2.37. The van der Waals surface area contributed by atoms with Crippen molar-refractivity contribution < 1.29 is 27.7 Å². The maximum Gasteiger partial charge on any atom is 0.340 e. The van der Waals surface area contributed by atoms with Gasteiger partial charge in [0.25, 0.3) is 21.6 Å². The number of rotatable bonds is 5. The molecular formula is C17H16N4O7S. The molecule has 1 amide bonds. The number of hydrogen-bond donors (Lipinski definition) is 1. The maximum atomic E-state index is 12.2. The zero-order chi connectivity index (χ0) is 21.2. The molecule has 0 bridgehead atoms. The first-order valence-electron chi connectivity index (χ1n) is 8.36. The van der Waals surface area contributed by atoms with Crippen LogP contribution in [0.15, 0.2) is 46.5 Å². The Balaban J connectivity index is 1.57. The molecule has 1 aromatic rings. The van der Waals surface area contributed by atoms with Gasteiger partial charge in [-0.15, -0.1) is 4.40 Å². The summed E-state index contributed by atoms with van der Waals surface area (Å²) in [6.45, 7) is 1.20. The number of nitrogens with one attached hydrogen (secondary N) is 1. The van der Waals surface area contributed by atoms with E-state index in [4.69, 9.17) is 4.74 Å². The number of carbonyl (C=O) groups excluding carboxylic acids is 2. The molecule has 1 N–H and O–H groups in total. The highest BCUT2D eigenvalue weighted by Crippen LogP contribution is 2.21. The summed E-state index contributed by atoms with van der Waals surface area (Å²) in [6.07, 6.45) is 4.15. The van der Waals surface area contributed by atoms with Crippen molar-refractivity contribution in [1.29, 1.82) is 0 Å². The highest BCUT2D eigenvalue weighted by Gasteiger charge is 2.25. The first-order chi connectivity index (χ1) is 13.6. The van der Waals surface area contributed by atoms with Crippen LogP contribution in [0.3, 0.4) is 0 Å². The van der Waals surface area contributed by atoms with E-state index in [2.05, 4.69) is 9.71 Å². The van der Waals surface area contributed by atoms with E-state index < -0.39 is 33.4 Å². The molecular weight excluding hydrogens is 404 g/mol. The SMILES string of the molecule is Cc1cc([N+](=O)[O-])ccc1NC(=O)COC(=O)C1=CN2CCS(=O)(=O)N=C2C=C1. The van der Waals surface area contributed by atoms with Crippen molar-refractivity contribution in [3.63, 3.8) is 0 Å². The largest absolute Gasteiger partial charge is 0.452 e. The number of aryl methyl sites for hydroxylation is 1. The minimum Gasteiger partial charge on any atom is -0.452 e. The number of non-ortho nitro benzene ring substituents is 1. The van der Waals surface area contributed by atoms with Crippen molar-refractivity contribution in [2.45, 2.75) is 6.92 Å². The Morgan fingerprint density at radius 3 is 2.79 bits per heavy atom. The number of esters is 1. The van der Waals surface area contributed by atoms with Gasteiger partial charge in [0, 0.05) is 30.6 Å². The molecule has 0 aliphatic carbocycles. The van der Waals surface area contributed by atoms with Crippen molar-refractivity contribution in [3.8, 4) is 0 Å². The van der Waals surface area contributed by atoms with Crippen LogP contribution in [0.1, 0.15) is 5.56 Å². The van der Waals surface area contributed by atoms with Crippen molar-refractivity contribution in [2.75, 3.05) is 24.2 Å². The predicted molar refractivity (Wildman–Crippen MR) is 103 cm³/mol. The van der Waals surface area contributed by atoms with Gasteiger partial charge in [-0.1, -0.05) is 0 Å². The van der Waals surface area contributed by atoms with Gasteiger partial charge >= 0.3 is 5.97 Å². The standard InChI is InChI=1S/C17H16N4O7S/c1-11-8-13(21(24)25)3-4-14(11)18-16(22)10-28-17(23)12-2-5-15-19-29(26,27)7-6-20(15)9-12/h2-5,8-9H,6-7,10H2,1H3,(H,18,22). The number of amides is 1. The van der Waals surface area contributed by atoms with Crippen LogP contribution in [0.4, 0.5) is 11.4 Å². The molecule has 29 heavy (non-hydrogen) atoms. The number of hydrogen-bond acceptors (Lipinski definition) is 8. The normalized spacial score (nSPS) is 16.9. The number of nitro benzene ring substituents is 1. The molecule has 0 saturated carbocycles. The quantitative estimate of drug-likeness (QED) is 0.419. The number of anilines is 1. The van der Waals surface area contributed by atoms with Gasteiger partial charge < -0.3 is 15.0 Å². The van der Waals surface area contributed by atoms with Crippen LogP contribution in [-0.4, -0.2) is 54.9 Å². The second-order valence-corrected chi connectivity index (χ2v) is 7.98. The fourth-order valence-electron chi connectivity index (χ4n) is 2.62. The predicted octanol–water partition coefficient (Wildman–Crippen LogP) is 0.883. The van der Waals surface area contributed by atoms with Crippen LogP contribution in [-0.2, 0) is 24.3 Å². The van der Waals surface area contributed by atoms with Crippen LogP contribution >= 0.6 is 0 Å². The van der Waals surface area contributed by atoms with Gasteiger partial charge in [0.1, 0.15) is 5.84 Å². The number of sulfonamides is 1. The molecule has 0 atom stereocenters. The zero-order valence-corrected chi connectivity index (χ0v) is 16.0. The average molecular weight is 420 g/mol. The summed E-state index contributed by atoms with van der Waals surface area (Å²) in [5.41, 5.74) is 0.895. The highest BCUT2D eigenvalue weighted by molar-refractivity contribution is 7.90. The molecule has 2 heterocycles. The molecule has 152 valence electrons. The van der Waals surface area contributed by atoms with E-state index in [0.717, 1.165) is 0 Å². The second kappa shape index (κ2) is 7.83. The summed E-state index contributed by atoms with van der Waals surface area (Å²) >= 11 is 0. The van der Waals surface area contributed by atoms with Gasteiger partial charge in [0.15, 0.2) is 6.61 Å². The third-order valence-electron chi connectivity index (χ3n) is 4.09. The third-order valence-corrected chi connectivity index (χ3v) is 5.25. The topological polar surface area (TPSA) is 148 Å². The fourth-order valence-corrected chi connectivity index (χ4v) is 3.59. The van der Waals surface area contributed by atoms with E-state index >= 15 is 0 Å². The van der Waals surface area contributed by atoms with Crippen LogP contribution in [0, 0.1) is 17.0 Å². The second-order valence-electron chi connectivity index (χ2n) is 6.23. The maximum absolute atomic E-state index is 12.2.